The molecule has 3 aromatic rings. The van der Waals surface area contributed by atoms with Gasteiger partial charge in [-0.1, -0.05) is 16.8 Å². The summed E-state index contributed by atoms with van der Waals surface area (Å²) >= 11 is 5.78. The van der Waals surface area contributed by atoms with Crippen molar-refractivity contribution in [3.63, 3.8) is 0 Å². The first-order chi connectivity index (χ1) is 10.2. The lowest BCUT2D eigenvalue weighted by Crippen LogP contribution is -1.96. The second-order valence-electron chi connectivity index (χ2n) is 4.23. The minimum Gasteiger partial charge on any atom is -0.484 e. The van der Waals surface area contributed by atoms with Crippen LogP contribution in [-0.4, -0.2) is 15.1 Å². The van der Waals surface area contributed by atoms with E-state index in [1.54, 1.807) is 36.4 Å². The van der Waals surface area contributed by atoms with Gasteiger partial charge in [-0.25, -0.2) is 0 Å². The Morgan fingerprint density at radius 3 is 2.67 bits per heavy atom. The van der Waals surface area contributed by atoms with Crippen molar-refractivity contribution in [2.75, 3.05) is 5.73 Å². The monoisotopic (exact) mass is 302 g/mol. The first-order valence-electron chi connectivity index (χ1n) is 6.13. The highest BCUT2D eigenvalue weighted by molar-refractivity contribution is 6.30. The van der Waals surface area contributed by atoms with Gasteiger partial charge in [-0.15, -0.1) is 0 Å². The van der Waals surface area contributed by atoms with Crippen LogP contribution in [0.3, 0.4) is 0 Å². The number of benzene rings is 1. The quantitative estimate of drug-likeness (QED) is 0.746. The Kier molecular flexibility index (Phi) is 3.70. The van der Waals surface area contributed by atoms with Crippen LogP contribution in [0.25, 0.3) is 11.5 Å². The average molecular weight is 303 g/mol. The van der Waals surface area contributed by atoms with E-state index in [9.17, 15) is 0 Å². The van der Waals surface area contributed by atoms with Crippen molar-refractivity contribution >= 4 is 17.3 Å². The second-order valence-corrected chi connectivity index (χ2v) is 4.67. The van der Waals surface area contributed by atoms with E-state index in [-0.39, 0.29) is 6.61 Å². The fourth-order valence-corrected chi connectivity index (χ4v) is 1.75. The lowest BCUT2D eigenvalue weighted by Gasteiger charge is -2.02. The minimum atomic E-state index is 0.171. The molecule has 0 radical (unpaired) electrons. The zero-order chi connectivity index (χ0) is 14.7. The summed E-state index contributed by atoms with van der Waals surface area (Å²) in [6.45, 7) is 0.171. The third-order valence-corrected chi connectivity index (χ3v) is 2.89. The van der Waals surface area contributed by atoms with E-state index in [0.717, 1.165) is 0 Å². The Bertz CT molecular complexity index is 725. The summed E-state index contributed by atoms with van der Waals surface area (Å²) in [6, 6.07) is 10.5. The number of halogens is 1. The fraction of sp³-hybridized carbons (Fsp3) is 0.0714. The number of pyridine rings is 1. The molecule has 0 saturated heterocycles. The summed E-state index contributed by atoms with van der Waals surface area (Å²) in [6.07, 6.45) is 1.53. The lowest BCUT2D eigenvalue weighted by atomic mass is 10.3. The first kappa shape index (κ1) is 13.4. The zero-order valence-corrected chi connectivity index (χ0v) is 11.6. The van der Waals surface area contributed by atoms with Crippen LogP contribution < -0.4 is 10.5 Å². The molecule has 106 valence electrons. The summed E-state index contributed by atoms with van der Waals surface area (Å²) < 4.78 is 10.6. The van der Waals surface area contributed by atoms with Crippen LogP contribution in [0.1, 0.15) is 5.89 Å². The summed E-state index contributed by atoms with van der Waals surface area (Å²) in [4.78, 5) is 8.33. The Morgan fingerprint density at radius 1 is 1.14 bits per heavy atom. The molecule has 0 unspecified atom stereocenters. The van der Waals surface area contributed by atoms with Gasteiger partial charge in [-0.05, 0) is 36.4 Å². The average Bonchev–Trinajstić information content (AvgIpc) is 2.96. The maximum absolute atomic E-state index is 5.78. The summed E-state index contributed by atoms with van der Waals surface area (Å²) in [5, 5.41) is 4.40. The third-order valence-electron chi connectivity index (χ3n) is 2.67. The van der Waals surface area contributed by atoms with Gasteiger partial charge in [0, 0.05) is 11.9 Å². The molecular weight excluding hydrogens is 292 g/mol. The Morgan fingerprint density at radius 2 is 1.95 bits per heavy atom. The van der Waals surface area contributed by atoms with Gasteiger partial charge < -0.3 is 15.0 Å². The van der Waals surface area contributed by atoms with Crippen LogP contribution in [0, 0.1) is 0 Å². The molecule has 0 aliphatic rings. The van der Waals surface area contributed by atoms with Gasteiger partial charge in [0.15, 0.2) is 6.61 Å². The molecular formula is C14H11ClN4O2. The molecule has 1 aromatic carbocycles. The fourth-order valence-electron chi connectivity index (χ4n) is 1.63. The first-order valence-corrected chi connectivity index (χ1v) is 6.51. The standard InChI is InChI=1S/C14H11ClN4O2/c15-9-1-6-12(17-7-9)14-18-13(21-19-14)8-20-11-4-2-10(16)3-5-11/h1-7H,8,16H2. The maximum atomic E-state index is 5.78. The normalized spacial score (nSPS) is 10.5. The van der Waals surface area contributed by atoms with Crippen LogP contribution in [0.4, 0.5) is 5.69 Å². The molecule has 7 heteroatoms. The SMILES string of the molecule is Nc1ccc(OCc2nc(-c3ccc(Cl)cn3)no2)cc1. The van der Waals surface area contributed by atoms with Gasteiger partial charge >= 0.3 is 0 Å². The number of anilines is 1. The van der Waals surface area contributed by atoms with Gasteiger partial charge in [-0.2, -0.15) is 4.98 Å². The van der Waals surface area contributed by atoms with Crippen molar-refractivity contribution in [2.45, 2.75) is 6.61 Å². The second kappa shape index (κ2) is 5.80. The van der Waals surface area contributed by atoms with Crippen molar-refractivity contribution in [1.82, 2.24) is 15.1 Å². The topological polar surface area (TPSA) is 87.1 Å². The molecule has 0 saturated carbocycles. The predicted molar refractivity (Wildman–Crippen MR) is 77.7 cm³/mol. The Labute approximate surface area is 125 Å². The molecule has 0 aliphatic carbocycles. The van der Waals surface area contributed by atoms with Gasteiger partial charge in [0.2, 0.25) is 5.82 Å². The molecule has 2 heterocycles. The lowest BCUT2D eigenvalue weighted by molar-refractivity contribution is 0.243. The van der Waals surface area contributed by atoms with E-state index in [1.807, 2.05) is 0 Å². The number of aromatic nitrogens is 3. The summed E-state index contributed by atoms with van der Waals surface area (Å²) in [5.74, 6) is 1.43. The molecule has 0 spiro atoms. The molecule has 21 heavy (non-hydrogen) atoms. The number of nitrogen functional groups attached to an aromatic ring is 1. The van der Waals surface area contributed by atoms with E-state index in [0.29, 0.717) is 33.9 Å². The van der Waals surface area contributed by atoms with Crippen LogP contribution in [0.5, 0.6) is 5.75 Å². The van der Waals surface area contributed by atoms with Crippen LogP contribution in [0.2, 0.25) is 5.02 Å². The van der Waals surface area contributed by atoms with Crippen molar-refractivity contribution in [3.8, 4) is 17.3 Å². The summed E-state index contributed by atoms with van der Waals surface area (Å²) in [7, 11) is 0. The van der Waals surface area contributed by atoms with E-state index in [1.165, 1.54) is 6.20 Å². The number of rotatable bonds is 4. The molecule has 0 atom stereocenters. The van der Waals surface area contributed by atoms with Gasteiger partial charge in [0.25, 0.3) is 5.89 Å². The van der Waals surface area contributed by atoms with E-state index in [2.05, 4.69) is 15.1 Å². The van der Waals surface area contributed by atoms with E-state index >= 15 is 0 Å². The largest absolute Gasteiger partial charge is 0.484 e. The van der Waals surface area contributed by atoms with E-state index < -0.39 is 0 Å². The van der Waals surface area contributed by atoms with Crippen LogP contribution in [-0.2, 0) is 6.61 Å². The zero-order valence-electron chi connectivity index (χ0n) is 10.9. The number of ether oxygens (including phenoxy) is 1. The minimum absolute atomic E-state index is 0.171. The number of hydrogen-bond donors (Lipinski definition) is 1. The predicted octanol–water partition coefficient (Wildman–Crippen LogP) is 2.95. The van der Waals surface area contributed by atoms with Gasteiger partial charge in [0.05, 0.1) is 5.02 Å². The molecule has 0 aliphatic heterocycles. The van der Waals surface area contributed by atoms with Crippen LogP contribution >= 0.6 is 11.6 Å². The number of nitrogens with two attached hydrogens (primary N) is 1. The highest BCUT2D eigenvalue weighted by atomic mass is 35.5. The van der Waals surface area contributed by atoms with Gasteiger partial charge in [-0.3, -0.25) is 4.98 Å². The Hall–Kier alpha value is -2.60. The molecule has 6 nitrogen and oxygen atoms in total. The highest BCUT2D eigenvalue weighted by Crippen LogP contribution is 2.17. The van der Waals surface area contributed by atoms with E-state index in [4.69, 9.17) is 26.6 Å². The molecule has 0 bridgehead atoms. The maximum Gasteiger partial charge on any atom is 0.264 e. The molecule has 0 amide bonds. The third kappa shape index (κ3) is 3.29. The van der Waals surface area contributed by atoms with Crippen LogP contribution in [0.15, 0.2) is 47.1 Å². The smallest absolute Gasteiger partial charge is 0.264 e. The molecule has 2 N–H and O–H groups in total. The highest BCUT2D eigenvalue weighted by Gasteiger charge is 2.10. The van der Waals surface area contributed by atoms with Crippen molar-refractivity contribution < 1.29 is 9.26 Å². The number of hydrogen-bond acceptors (Lipinski definition) is 6. The molecule has 2 aromatic heterocycles. The van der Waals surface area contributed by atoms with Crippen molar-refractivity contribution in [3.05, 3.63) is 53.5 Å². The van der Waals surface area contributed by atoms with Gasteiger partial charge in [0.1, 0.15) is 11.4 Å². The summed E-state index contributed by atoms with van der Waals surface area (Å²) in [5.41, 5.74) is 6.86. The molecule has 0 fully saturated rings. The number of nitrogens with zero attached hydrogens (tertiary/aromatic N) is 3. The molecule has 3 rings (SSSR count). The van der Waals surface area contributed by atoms with Crippen molar-refractivity contribution in [1.29, 1.82) is 0 Å². The Balaban J connectivity index is 1.67. The van der Waals surface area contributed by atoms with Crippen molar-refractivity contribution in [2.24, 2.45) is 0 Å².